The van der Waals surface area contributed by atoms with Crippen molar-refractivity contribution >= 4 is 55.0 Å². The molecular weight excluding hydrogens is 528 g/mol. The molecule has 3 aromatic rings. The number of carbonyl (C=O) groups is 1. The summed E-state index contributed by atoms with van der Waals surface area (Å²) in [7, 11) is 0.423. The fraction of sp³-hybridized carbons (Fsp3) is 0.481. The molecule has 0 N–H and O–H groups in total. The summed E-state index contributed by atoms with van der Waals surface area (Å²) in [4.78, 5) is 22.5. The normalized spacial score (nSPS) is 11.8. The average molecular weight is 567 g/mol. The van der Waals surface area contributed by atoms with Crippen LogP contribution in [0.2, 0.25) is 0 Å². The van der Waals surface area contributed by atoms with Crippen molar-refractivity contribution in [3.05, 3.63) is 53.1 Å². The van der Waals surface area contributed by atoms with Gasteiger partial charge in [0.2, 0.25) is 10.0 Å². The molecule has 1 amide bonds. The average Bonchev–Trinajstić information content (AvgIpc) is 3.29. The molecule has 0 aliphatic heterocycles. The largest absolute Gasteiger partial charge is 0.309 e. The minimum atomic E-state index is -3.60. The van der Waals surface area contributed by atoms with E-state index in [1.165, 1.54) is 21.2 Å². The second-order valence-corrected chi connectivity index (χ2v) is 12.3. The zero-order valence-electron chi connectivity index (χ0n) is 22.7. The van der Waals surface area contributed by atoms with Crippen molar-refractivity contribution in [3.8, 4) is 0 Å². The monoisotopic (exact) mass is 566 g/mol. The number of amides is 1. The van der Waals surface area contributed by atoms with E-state index in [-0.39, 0.29) is 23.2 Å². The fourth-order valence-corrected chi connectivity index (χ4v) is 6.55. The Morgan fingerprint density at radius 2 is 1.62 bits per heavy atom. The lowest BCUT2D eigenvalue weighted by molar-refractivity contribution is 0.0986. The number of aromatic nitrogens is 1. The number of unbranched alkanes of at least 4 members (excludes halogenated alkanes) is 1. The second-order valence-electron chi connectivity index (χ2n) is 9.34. The minimum absolute atomic E-state index is 0. The van der Waals surface area contributed by atoms with E-state index in [1.807, 2.05) is 27.9 Å². The summed E-state index contributed by atoms with van der Waals surface area (Å²) in [6, 6.07) is 10.5. The molecule has 0 aliphatic carbocycles. The van der Waals surface area contributed by atoms with Gasteiger partial charge in [-0.25, -0.2) is 13.4 Å². The lowest BCUT2D eigenvalue weighted by Crippen LogP contribution is -2.34. The van der Waals surface area contributed by atoms with Crippen LogP contribution in [0.15, 0.2) is 41.3 Å². The predicted molar refractivity (Wildman–Crippen MR) is 157 cm³/mol. The minimum Gasteiger partial charge on any atom is -0.309 e. The Hall–Kier alpha value is -2.04. The van der Waals surface area contributed by atoms with E-state index < -0.39 is 10.0 Å². The van der Waals surface area contributed by atoms with Crippen LogP contribution in [0, 0.1) is 13.8 Å². The van der Waals surface area contributed by atoms with Gasteiger partial charge in [-0.1, -0.05) is 37.7 Å². The zero-order chi connectivity index (χ0) is 26.5. The Bertz CT molecular complexity index is 1290. The molecule has 0 bridgehead atoms. The van der Waals surface area contributed by atoms with Crippen LogP contribution in [0.5, 0.6) is 0 Å². The predicted octanol–water partition coefficient (Wildman–Crippen LogP) is 5.74. The molecule has 3 rings (SSSR count). The number of hydrogen-bond acceptors (Lipinski definition) is 6. The number of thiazole rings is 1. The highest BCUT2D eigenvalue weighted by molar-refractivity contribution is 7.89. The summed E-state index contributed by atoms with van der Waals surface area (Å²) in [5, 5.41) is 0.663. The molecule has 0 saturated heterocycles. The highest BCUT2D eigenvalue weighted by Crippen LogP contribution is 2.33. The van der Waals surface area contributed by atoms with E-state index in [2.05, 4.69) is 30.9 Å². The van der Waals surface area contributed by atoms with E-state index in [1.54, 1.807) is 29.2 Å². The number of fused-ring (bicyclic) bond motifs is 1. The van der Waals surface area contributed by atoms with Crippen molar-refractivity contribution in [1.29, 1.82) is 0 Å². The number of rotatable bonds is 12. The summed E-state index contributed by atoms with van der Waals surface area (Å²) in [6.45, 7) is 10.3. The van der Waals surface area contributed by atoms with Crippen LogP contribution in [0.25, 0.3) is 10.2 Å². The first-order valence-electron chi connectivity index (χ1n) is 12.5. The van der Waals surface area contributed by atoms with Crippen LogP contribution < -0.4 is 4.90 Å². The third-order valence-corrected chi connectivity index (χ3v) is 9.42. The first kappa shape index (κ1) is 31.2. The summed E-state index contributed by atoms with van der Waals surface area (Å²) in [5.74, 6) is -0.176. The van der Waals surface area contributed by atoms with Gasteiger partial charge in [0.25, 0.3) is 5.91 Å². The highest BCUT2D eigenvalue weighted by Gasteiger charge is 2.25. The number of sulfonamides is 1. The van der Waals surface area contributed by atoms with Crippen LogP contribution in [0.3, 0.4) is 0 Å². The molecule has 0 radical (unpaired) electrons. The SMILES string of the molecule is CCCCN(CC)S(=O)(=O)c1ccc(C(=O)N(CCCN(C)C)c2nc3c(C)c(C)ccc3s2)cc1.Cl. The van der Waals surface area contributed by atoms with Gasteiger partial charge in [-0.3, -0.25) is 9.69 Å². The maximum Gasteiger partial charge on any atom is 0.260 e. The van der Waals surface area contributed by atoms with Crippen molar-refractivity contribution in [2.75, 3.05) is 45.2 Å². The summed E-state index contributed by atoms with van der Waals surface area (Å²) in [6.07, 6.45) is 2.53. The van der Waals surface area contributed by atoms with E-state index in [9.17, 15) is 13.2 Å². The standard InChI is InChI=1S/C27H38N4O3S2.ClH/c1-7-9-18-30(8-2)36(33,34)23-14-12-22(13-15-23)26(32)31(19-10-17-29(5)6)27-28-25-21(4)20(3)11-16-24(25)35-27;/h11-16H,7-10,17-19H2,1-6H3;1H. The van der Waals surface area contributed by atoms with Gasteiger partial charge in [0.15, 0.2) is 5.13 Å². The van der Waals surface area contributed by atoms with E-state index >= 15 is 0 Å². The Labute approximate surface area is 231 Å². The Morgan fingerprint density at radius 3 is 2.22 bits per heavy atom. The number of halogens is 1. The molecule has 204 valence electrons. The Morgan fingerprint density at radius 1 is 0.946 bits per heavy atom. The van der Waals surface area contributed by atoms with Gasteiger partial charge in [-0.15, -0.1) is 12.4 Å². The van der Waals surface area contributed by atoms with Gasteiger partial charge in [0.1, 0.15) is 0 Å². The van der Waals surface area contributed by atoms with Crippen LogP contribution in [0.1, 0.15) is 54.6 Å². The lowest BCUT2D eigenvalue weighted by atomic mass is 10.1. The van der Waals surface area contributed by atoms with Crippen molar-refractivity contribution < 1.29 is 13.2 Å². The van der Waals surface area contributed by atoms with Crippen LogP contribution in [-0.4, -0.2) is 68.8 Å². The third kappa shape index (κ3) is 7.29. The maximum atomic E-state index is 13.7. The zero-order valence-corrected chi connectivity index (χ0v) is 25.1. The van der Waals surface area contributed by atoms with Gasteiger partial charge in [-0.2, -0.15) is 4.31 Å². The van der Waals surface area contributed by atoms with E-state index in [0.29, 0.717) is 30.3 Å². The number of hydrogen-bond donors (Lipinski definition) is 0. The van der Waals surface area contributed by atoms with Crippen molar-refractivity contribution in [3.63, 3.8) is 0 Å². The Kier molecular flexibility index (Phi) is 11.5. The fourth-order valence-electron chi connectivity index (χ4n) is 4.02. The topological polar surface area (TPSA) is 73.8 Å². The van der Waals surface area contributed by atoms with Crippen LogP contribution >= 0.6 is 23.7 Å². The maximum absolute atomic E-state index is 13.7. The number of aryl methyl sites for hydroxylation is 2. The molecule has 0 saturated carbocycles. The smallest absolute Gasteiger partial charge is 0.260 e. The lowest BCUT2D eigenvalue weighted by Gasteiger charge is -2.22. The van der Waals surface area contributed by atoms with Gasteiger partial charge in [-0.05, 0) is 88.8 Å². The van der Waals surface area contributed by atoms with Crippen molar-refractivity contribution in [2.45, 2.75) is 51.9 Å². The third-order valence-electron chi connectivity index (χ3n) is 6.39. The van der Waals surface area contributed by atoms with Crippen LogP contribution in [-0.2, 0) is 10.0 Å². The molecule has 0 atom stereocenters. The summed E-state index contributed by atoms with van der Waals surface area (Å²) in [5.41, 5.74) is 3.66. The quantitative estimate of drug-likeness (QED) is 0.279. The molecule has 0 spiro atoms. The first-order chi connectivity index (χ1) is 17.1. The number of anilines is 1. The molecule has 1 heterocycles. The van der Waals surface area contributed by atoms with Gasteiger partial charge < -0.3 is 4.90 Å². The number of carbonyl (C=O) groups excluding carboxylic acids is 1. The van der Waals surface area contributed by atoms with Crippen LogP contribution in [0.4, 0.5) is 5.13 Å². The van der Waals surface area contributed by atoms with E-state index in [0.717, 1.165) is 41.6 Å². The summed E-state index contributed by atoms with van der Waals surface area (Å²) >= 11 is 1.51. The molecule has 1 aromatic heterocycles. The molecule has 2 aromatic carbocycles. The summed E-state index contributed by atoms with van der Waals surface area (Å²) < 4.78 is 28.7. The Balaban J connectivity index is 0.00000481. The molecule has 37 heavy (non-hydrogen) atoms. The molecule has 0 unspecified atom stereocenters. The molecule has 7 nitrogen and oxygen atoms in total. The van der Waals surface area contributed by atoms with Gasteiger partial charge in [0, 0.05) is 25.2 Å². The van der Waals surface area contributed by atoms with Crippen molar-refractivity contribution in [2.24, 2.45) is 0 Å². The molecule has 0 aliphatic rings. The number of nitrogens with zero attached hydrogens (tertiary/aromatic N) is 4. The number of benzene rings is 2. The first-order valence-corrected chi connectivity index (χ1v) is 14.8. The highest BCUT2D eigenvalue weighted by atomic mass is 35.5. The van der Waals surface area contributed by atoms with Crippen molar-refractivity contribution in [1.82, 2.24) is 14.2 Å². The van der Waals surface area contributed by atoms with Gasteiger partial charge >= 0.3 is 0 Å². The molecule has 10 heteroatoms. The molecular formula is C27H39ClN4O3S2. The van der Waals surface area contributed by atoms with E-state index in [4.69, 9.17) is 4.98 Å². The molecule has 0 fully saturated rings. The van der Waals surface area contributed by atoms with Gasteiger partial charge in [0.05, 0.1) is 15.1 Å². The second kappa shape index (κ2) is 13.7.